The lowest BCUT2D eigenvalue weighted by Gasteiger charge is -2.15. The minimum absolute atomic E-state index is 0.00583. The van der Waals surface area contributed by atoms with Gasteiger partial charge in [-0.05, 0) is 13.3 Å². The van der Waals surface area contributed by atoms with Crippen LogP contribution in [0.1, 0.15) is 26.7 Å². The van der Waals surface area contributed by atoms with Gasteiger partial charge in [-0.2, -0.15) is 0 Å². The Hall–Kier alpha value is -0.420. The molecule has 0 spiro atoms. The molecule has 3 atom stereocenters. The summed E-state index contributed by atoms with van der Waals surface area (Å²) in [6, 6.07) is -0.508. The van der Waals surface area contributed by atoms with E-state index in [2.05, 4.69) is 5.32 Å². The van der Waals surface area contributed by atoms with E-state index < -0.39 is 22.8 Å². The second kappa shape index (κ2) is 6.95. The fourth-order valence-corrected chi connectivity index (χ4v) is 1.36. The van der Waals surface area contributed by atoms with E-state index in [4.69, 9.17) is 5.11 Å². The van der Waals surface area contributed by atoms with E-state index in [0.29, 0.717) is 13.0 Å². The number of carboxylic acid groups (broad SMARTS) is 1. The number of nitrogens with one attached hydrogen (secondary N) is 1. The average Bonchev–Trinajstić information content (AvgIpc) is 2.10. The molecular formula is C9H19NO3S. The van der Waals surface area contributed by atoms with Crippen molar-refractivity contribution in [3.8, 4) is 0 Å². The van der Waals surface area contributed by atoms with Crippen molar-refractivity contribution in [2.75, 3.05) is 12.8 Å². The van der Waals surface area contributed by atoms with E-state index in [0.717, 1.165) is 6.42 Å². The highest BCUT2D eigenvalue weighted by Gasteiger charge is 2.17. The maximum atomic E-state index is 11.0. The van der Waals surface area contributed by atoms with Crippen molar-refractivity contribution in [3.05, 3.63) is 0 Å². The van der Waals surface area contributed by atoms with E-state index in [9.17, 15) is 9.00 Å². The minimum Gasteiger partial charge on any atom is -0.480 e. The Balaban J connectivity index is 3.93. The second-order valence-corrected chi connectivity index (χ2v) is 5.20. The van der Waals surface area contributed by atoms with Gasteiger partial charge in [-0.3, -0.25) is 9.00 Å². The predicted octanol–water partition coefficient (Wildman–Crippen LogP) is 0.596. The summed E-state index contributed by atoms with van der Waals surface area (Å²) in [5.74, 6) is -0.832. The molecule has 0 aromatic carbocycles. The minimum atomic E-state index is -0.899. The van der Waals surface area contributed by atoms with Gasteiger partial charge in [0.25, 0.3) is 0 Å². The first kappa shape index (κ1) is 13.6. The van der Waals surface area contributed by atoms with Crippen molar-refractivity contribution in [2.45, 2.75) is 38.0 Å². The van der Waals surface area contributed by atoms with Crippen molar-refractivity contribution in [3.63, 3.8) is 0 Å². The van der Waals surface area contributed by atoms with Gasteiger partial charge < -0.3 is 10.4 Å². The van der Waals surface area contributed by atoms with Gasteiger partial charge in [0.1, 0.15) is 6.04 Å². The molecule has 0 amide bonds. The molecule has 84 valence electrons. The molecule has 0 rings (SSSR count). The van der Waals surface area contributed by atoms with E-state index in [1.54, 1.807) is 6.26 Å². The monoisotopic (exact) mass is 221 g/mol. The highest BCUT2D eigenvalue weighted by molar-refractivity contribution is 7.84. The molecule has 0 radical (unpaired) electrons. The normalized spacial score (nSPS) is 17.4. The Morgan fingerprint density at radius 2 is 2.14 bits per heavy atom. The first-order chi connectivity index (χ1) is 6.49. The van der Waals surface area contributed by atoms with Crippen LogP contribution in [0.3, 0.4) is 0 Å². The van der Waals surface area contributed by atoms with Crippen LogP contribution in [0.2, 0.25) is 0 Å². The Bertz CT molecular complexity index is 208. The molecule has 0 aromatic heterocycles. The molecule has 14 heavy (non-hydrogen) atoms. The van der Waals surface area contributed by atoms with Crippen molar-refractivity contribution in [1.82, 2.24) is 5.32 Å². The zero-order chi connectivity index (χ0) is 11.1. The molecule has 0 aliphatic carbocycles. The standard InChI is InChI=1S/C9H19NO3S/c1-4-5-8(9(11)12)10-6-7(2)14(3)13/h7-8,10H,4-6H2,1-3H3,(H,11,12). The van der Waals surface area contributed by atoms with Gasteiger partial charge in [0, 0.05) is 28.9 Å². The number of hydrogen-bond acceptors (Lipinski definition) is 3. The quantitative estimate of drug-likeness (QED) is 0.660. The Morgan fingerprint density at radius 1 is 1.57 bits per heavy atom. The Kier molecular flexibility index (Phi) is 6.74. The summed E-state index contributed by atoms with van der Waals surface area (Å²) < 4.78 is 11.0. The predicted molar refractivity (Wildman–Crippen MR) is 57.9 cm³/mol. The van der Waals surface area contributed by atoms with Crippen LogP contribution < -0.4 is 5.32 Å². The molecule has 5 heteroatoms. The molecule has 2 N–H and O–H groups in total. The van der Waals surface area contributed by atoms with Gasteiger partial charge in [0.2, 0.25) is 0 Å². The molecule has 0 saturated heterocycles. The second-order valence-electron chi connectivity index (χ2n) is 3.40. The van der Waals surface area contributed by atoms with Crippen molar-refractivity contribution < 1.29 is 14.1 Å². The Labute approximate surface area is 87.5 Å². The molecule has 0 aliphatic heterocycles. The fourth-order valence-electron chi connectivity index (χ4n) is 1.03. The Morgan fingerprint density at radius 3 is 2.50 bits per heavy atom. The highest BCUT2D eigenvalue weighted by atomic mass is 32.2. The van der Waals surface area contributed by atoms with Crippen LogP contribution in [0.4, 0.5) is 0 Å². The number of rotatable bonds is 7. The van der Waals surface area contributed by atoms with E-state index in [1.807, 2.05) is 13.8 Å². The summed E-state index contributed by atoms with van der Waals surface area (Å²) >= 11 is 0. The van der Waals surface area contributed by atoms with E-state index in [-0.39, 0.29) is 5.25 Å². The zero-order valence-corrected chi connectivity index (χ0v) is 9.76. The zero-order valence-electron chi connectivity index (χ0n) is 8.95. The average molecular weight is 221 g/mol. The third-order valence-electron chi connectivity index (χ3n) is 2.09. The van der Waals surface area contributed by atoms with Crippen LogP contribution in [0.5, 0.6) is 0 Å². The molecule has 0 bridgehead atoms. The molecular weight excluding hydrogens is 202 g/mol. The summed E-state index contributed by atoms with van der Waals surface area (Å²) in [6.07, 6.45) is 3.06. The number of carbonyl (C=O) groups is 1. The summed E-state index contributed by atoms with van der Waals surface area (Å²) in [5.41, 5.74) is 0. The number of carboxylic acids is 1. The SMILES string of the molecule is CCCC(NCC(C)S(C)=O)C(=O)O. The van der Waals surface area contributed by atoms with Gasteiger partial charge in [-0.15, -0.1) is 0 Å². The first-order valence-corrected chi connectivity index (χ1v) is 6.39. The third kappa shape index (κ3) is 5.34. The fraction of sp³-hybridized carbons (Fsp3) is 0.889. The molecule has 0 aromatic rings. The number of aliphatic carboxylic acids is 1. The summed E-state index contributed by atoms with van der Waals surface area (Å²) in [5, 5.41) is 11.7. The molecule has 0 fully saturated rings. The molecule has 4 nitrogen and oxygen atoms in total. The summed E-state index contributed by atoms with van der Waals surface area (Å²) in [4.78, 5) is 10.7. The van der Waals surface area contributed by atoms with Gasteiger partial charge in [0.15, 0.2) is 0 Å². The van der Waals surface area contributed by atoms with Crippen molar-refractivity contribution >= 4 is 16.8 Å². The van der Waals surface area contributed by atoms with Crippen LogP contribution in [0, 0.1) is 0 Å². The van der Waals surface area contributed by atoms with Crippen molar-refractivity contribution in [2.24, 2.45) is 0 Å². The topological polar surface area (TPSA) is 66.4 Å². The first-order valence-electron chi connectivity index (χ1n) is 4.77. The lowest BCUT2D eigenvalue weighted by molar-refractivity contribution is -0.139. The van der Waals surface area contributed by atoms with Gasteiger partial charge in [-0.25, -0.2) is 0 Å². The van der Waals surface area contributed by atoms with Crippen LogP contribution in [0.15, 0.2) is 0 Å². The van der Waals surface area contributed by atoms with E-state index >= 15 is 0 Å². The van der Waals surface area contributed by atoms with Crippen LogP contribution in [0.25, 0.3) is 0 Å². The van der Waals surface area contributed by atoms with Crippen LogP contribution >= 0.6 is 0 Å². The number of hydrogen-bond donors (Lipinski definition) is 2. The van der Waals surface area contributed by atoms with Gasteiger partial charge in [-0.1, -0.05) is 13.3 Å². The molecule has 0 saturated carbocycles. The molecule has 3 unspecified atom stereocenters. The van der Waals surface area contributed by atoms with Crippen LogP contribution in [-0.4, -0.2) is 39.4 Å². The summed E-state index contributed by atoms with van der Waals surface area (Å²) in [6.45, 7) is 4.27. The van der Waals surface area contributed by atoms with Crippen molar-refractivity contribution in [1.29, 1.82) is 0 Å². The highest BCUT2D eigenvalue weighted by Crippen LogP contribution is 1.98. The summed E-state index contributed by atoms with van der Waals surface area (Å²) in [7, 11) is -0.899. The van der Waals surface area contributed by atoms with E-state index in [1.165, 1.54) is 0 Å². The molecule has 0 heterocycles. The lowest BCUT2D eigenvalue weighted by atomic mass is 10.1. The van der Waals surface area contributed by atoms with Gasteiger partial charge >= 0.3 is 5.97 Å². The third-order valence-corrected chi connectivity index (χ3v) is 3.39. The lowest BCUT2D eigenvalue weighted by Crippen LogP contribution is -2.41. The van der Waals surface area contributed by atoms with Gasteiger partial charge in [0.05, 0.1) is 0 Å². The smallest absolute Gasteiger partial charge is 0.320 e. The van der Waals surface area contributed by atoms with Crippen LogP contribution in [-0.2, 0) is 15.6 Å². The maximum absolute atomic E-state index is 11.0. The molecule has 0 aliphatic rings. The largest absolute Gasteiger partial charge is 0.480 e. The maximum Gasteiger partial charge on any atom is 0.320 e.